The molecular weight excluding hydrogens is 1030 g/mol. The Bertz CT molecular complexity index is 2440. The van der Waals surface area contributed by atoms with E-state index in [1.165, 1.54) is 11.1 Å². The van der Waals surface area contributed by atoms with Gasteiger partial charge in [-0.1, -0.05) is 68.2 Å². The Kier molecular flexibility index (Phi) is 23.9. The molecule has 2 fully saturated rings. The van der Waals surface area contributed by atoms with Crippen LogP contribution in [0, 0.1) is 47.3 Å². The molecule has 0 aliphatic carbocycles. The van der Waals surface area contributed by atoms with Crippen molar-refractivity contribution < 1.29 is 52.8 Å². The number of benzene rings is 2. The molecule has 0 aromatic heterocycles. The molecule has 6 rings (SSSR count). The Labute approximate surface area is 486 Å². The van der Waals surface area contributed by atoms with Crippen molar-refractivity contribution >= 4 is 29.3 Å². The van der Waals surface area contributed by atoms with Crippen LogP contribution in [0.5, 0.6) is 23.0 Å². The number of fused-ring (bicyclic) bond motifs is 4. The summed E-state index contributed by atoms with van der Waals surface area (Å²) in [5.41, 5.74) is 4.84. The number of methoxy groups -OCH3 is 5. The van der Waals surface area contributed by atoms with Crippen molar-refractivity contribution in [3.05, 3.63) is 46.5 Å². The molecule has 0 saturated carbocycles. The van der Waals surface area contributed by atoms with E-state index in [9.17, 15) is 29.1 Å². The zero-order valence-electron chi connectivity index (χ0n) is 52.4. The highest BCUT2D eigenvalue weighted by Crippen LogP contribution is 2.50. The maximum Gasteiger partial charge on any atom is 0.226 e. The largest absolute Gasteiger partial charge is 0.493 e. The fourth-order valence-corrected chi connectivity index (χ4v) is 14.9. The predicted molar refractivity (Wildman–Crippen MR) is 317 cm³/mol. The van der Waals surface area contributed by atoms with Crippen LogP contribution in [0.4, 0.5) is 0 Å². The van der Waals surface area contributed by atoms with Crippen LogP contribution in [-0.4, -0.2) is 173 Å². The Balaban J connectivity index is 1.14. The Hall–Kier alpha value is -4.77. The quantitative estimate of drug-likeness (QED) is 0.0820. The summed E-state index contributed by atoms with van der Waals surface area (Å²) in [6, 6.07) is 7.37. The monoisotopic (exact) mass is 1130 g/mol. The van der Waals surface area contributed by atoms with E-state index < -0.39 is 29.9 Å². The van der Waals surface area contributed by atoms with E-state index in [0.29, 0.717) is 55.7 Å². The number of amides is 3. The van der Waals surface area contributed by atoms with Gasteiger partial charge in [-0.3, -0.25) is 33.8 Å². The molecule has 4 aliphatic heterocycles. The first-order chi connectivity index (χ1) is 38.6. The maximum absolute atomic E-state index is 14.8. The van der Waals surface area contributed by atoms with Gasteiger partial charge in [-0.15, -0.1) is 0 Å². The molecule has 16 heteroatoms. The number of hydrogen-bond donors (Lipinski definition) is 1. The lowest BCUT2D eigenvalue weighted by molar-refractivity contribution is -0.146. The van der Waals surface area contributed by atoms with Crippen LogP contribution in [0.1, 0.15) is 160 Å². The van der Waals surface area contributed by atoms with Crippen molar-refractivity contribution in [3.63, 3.8) is 0 Å². The molecule has 12 atom stereocenters. The van der Waals surface area contributed by atoms with Gasteiger partial charge in [0.05, 0.1) is 52.7 Å². The van der Waals surface area contributed by atoms with Gasteiger partial charge in [0.1, 0.15) is 5.78 Å². The van der Waals surface area contributed by atoms with Crippen LogP contribution in [0.25, 0.3) is 0 Å². The van der Waals surface area contributed by atoms with E-state index in [2.05, 4.69) is 47.9 Å². The van der Waals surface area contributed by atoms with Gasteiger partial charge < -0.3 is 43.5 Å². The van der Waals surface area contributed by atoms with Gasteiger partial charge in [-0.05, 0) is 135 Å². The summed E-state index contributed by atoms with van der Waals surface area (Å²) in [6.07, 6.45) is 6.89. The topological polar surface area (TPSA) is 168 Å². The average molecular weight is 1130 g/mol. The first-order valence-electron chi connectivity index (χ1n) is 30.6. The molecule has 3 amide bonds. The summed E-state index contributed by atoms with van der Waals surface area (Å²) in [5, 5.41) is 11.0. The second-order valence-corrected chi connectivity index (χ2v) is 25.1. The minimum Gasteiger partial charge on any atom is -0.493 e. The molecule has 81 heavy (non-hydrogen) atoms. The number of likely N-dealkylation sites (N-methyl/N-ethyl adjacent to an activating group) is 1. The fourth-order valence-electron chi connectivity index (χ4n) is 14.9. The Morgan fingerprint density at radius 2 is 1.31 bits per heavy atom. The average Bonchev–Trinajstić information content (AvgIpc) is 3.94. The highest BCUT2D eigenvalue weighted by Gasteiger charge is 2.45. The minimum atomic E-state index is -0.574. The number of carbonyl (C=O) groups is 5. The van der Waals surface area contributed by atoms with E-state index in [0.717, 1.165) is 74.2 Å². The molecule has 0 radical (unpaired) electrons. The van der Waals surface area contributed by atoms with Crippen molar-refractivity contribution in [2.75, 3.05) is 89.5 Å². The molecule has 16 nitrogen and oxygen atoms in total. The molecular formula is C65H103N5O11. The molecule has 0 spiro atoms. The number of Topliss-reactive ketones (excluding diaryl/α,β-unsaturated/α-hetero) is 2. The molecule has 4 heterocycles. The lowest BCUT2D eigenvalue weighted by Gasteiger charge is -2.49. The summed E-state index contributed by atoms with van der Waals surface area (Å²) >= 11 is 0. The predicted octanol–water partition coefficient (Wildman–Crippen LogP) is 9.25. The molecule has 2 saturated heterocycles. The number of aliphatic hydroxyl groups is 1. The zero-order valence-corrected chi connectivity index (χ0v) is 52.4. The molecule has 2 aromatic carbocycles. The number of ether oxygens (including phenoxy) is 5. The summed E-state index contributed by atoms with van der Waals surface area (Å²) in [6.45, 7) is 19.0. The van der Waals surface area contributed by atoms with E-state index in [1.54, 1.807) is 47.5 Å². The van der Waals surface area contributed by atoms with Crippen molar-refractivity contribution in [2.24, 2.45) is 47.3 Å². The second kappa shape index (κ2) is 29.7. The second-order valence-electron chi connectivity index (χ2n) is 25.1. The number of nitrogens with zero attached hydrogens (tertiary/aromatic N) is 5. The summed E-state index contributed by atoms with van der Waals surface area (Å²) in [5.74, 6) is 1.59. The van der Waals surface area contributed by atoms with Crippen molar-refractivity contribution in [3.8, 4) is 23.0 Å². The molecule has 454 valence electrons. The molecule has 2 unspecified atom stereocenters. The first kappa shape index (κ1) is 65.4. The zero-order chi connectivity index (χ0) is 59.6. The number of ketones is 2. The maximum atomic E-state index is 14.8. The summed E-state index contributed by atoms with van der Waals surface area (Å²) in [7, 11) is 13.8. The standard InChI is InChI=1S/C65H103N5O11/c1-17-41(7)63(67(11)65(76)48(39(3)4)34-55(73)62(40(5)6)66(9)10)47(38-71)33-61(75)69-26-20-21-51(69)64(81-16)42(8)54(72)22-19-23-60(74)70-28-25-45-32-57(78-13)59(80-15)36-50(45)53(70)30-46-29-52-49-35-58(79-14)56(77-12)31-44(49)24-27-68(52)37-43(46)18-2/h31-32,35-36,39-43,46-48,51-53,62-64,71H,17-30,33-34,37-38H2,1-16H3/t41-,42-,43-,46+,47-,48-,51?,52?,53+,62-,63-,64+/m0/s1. The van der Waals surface area contributed by atoms with E-state index in [1.807, 2.05) is 65.4 Å². The normalized spacial score (nSPS) is 22.7. The minimum absolute atomic E-state index is 0.0143. The third-order valence-corrected chi connectivity index (χ3v) is 19.5. The fraction of sp³-hybridized carbons (Fsp3) is 0.738. The smallest absolute Gasteiger partial charge is 0.226 e. The number of hydrogen-bond acceptors (Lipinski definition) is 13. The van der Waals surface area contributed by atoms with E-state index in [-0.39, 0.29) is 103 Å². The van der Waals surface area contributed by atoms with Gasteiger partial charge in [0.25, 0.3) is 0 Å². The number of aliphatic hydroxyl groups excluding tert-OH is 1. The van der Waals surface area contributed by atoms with Gasteiger partial charge in [-0.2, -0.15) is 0 Å². The van der Waals surface area contributed by atoms with Gasteiger partial charge in [0.15, 0.2) is 28.8 Å². The van der Waals surface area contributed by atoms with Crippen molar-refractivity contribution in [1.82, 2.24) is 24.5 Å². The van der Waals surface area contributed by atoms with Crippen LogP contribution in [0.2, 0.25) is 0 Å². The molecule has 0 bridgehead atoms. The highest BCUT2D eigenvalue weighted by molar-refractivity contribution is 5.90. The number of rotatable bonds is 29. The van der Waals surface area contributed by atoms with Gasteiger partial charge in [0, 0.05) is 102 Å². The SMILES string of the molecule is CC[C@H]1CN2CCc3cc(OC)c(OC)cc3C2C[C@@H]1C[C@@H]1c2cc(OC)c(OC)cc2CCN1C(=O)CCCC(=O)[C@H](C)[C@@H](OC)C1CCCN1C(=O)C[C@@H](CO)[C@H]([C@@H](C)CC)N(C)C(=O)[C@@H](CC(=O)[C@H](C(C)C)N(C)C)C(C)C. The van der Waals surface area contributed by atoms with Crippen LogP contribution in [0.15, 0.2) is 24.3 Å². The Morgan fingerprint density at radius 3 is 1.86 bits per heavy atom. The highest BCUT2D eigenvalue weighted by atomic mass is 16.5. The third kappa shape index (κ3) is 14.8. The molecule has 2 aromatic rings. The Morgan fingerprint density at radius 1 is 0.704 bits per heavy atom. The van der Waals surface area contributed by atoms with Crippen LogP contribution in [-0.2, 0) is 41.6 Å². The summed E-state index contributed by atoms with van der Waals surface area (Å²) in [4.78, 5) is 82.0. The first-order valence-corrected chi connectivity index (χ1v) is 30.6. The van der Waals surface area contributed by atoms with E-state index >= 15 is 0 Å². The van der Waals surface area contributed by atoms with Crippen molar-refractivity contribution in [2.45, 2.75) is 175 Å². The van der Waals surface area contributed by atoms with Gasteiger partial charge >= 0.3 is 0 Å². The van der Waals surface area contributed by atoms with Crippen LogP contribution in [0.3, 0.4) is 0 Å². The van der Waals surface area contributed by atoms with E-state index in [4.69, 9.17) is 23.7 Å². The number of carbonyl (C=O) groups excluding carboxylic acids is 5. The third-order valence-electron chi connectivity index (χ3n) is 19.5. The summed E-state index contributed by atoms with van der Waals surface area (Å²) < 4.78 is 29.3. The lowest BCUT2D eigenvalue weighted by Crippen LogP contribution is -2.52. The van der Waals surface area contributed by atoms with Crippen molar-refractivity contribution in [1.29, 1.82) is 0 Å². The van der Waals surface area contributed by atoms with Gasteiger partial charge in [0.2, 0.25) is 17.7 Å². The number of likely N-dealkylation sites (tertiary alicyclic amines) is 1. The van der Waals surface area contributed by atoms with Crippen LogP contribution < -0.4 is 18.9 Å². The molecule has 1 N–H and O–H groups in total. The lowest BCUT2D eigenvalue weighted by atomic mass is 9.72. The van der Waals surface area contributed by atoms with Crippen LogP contribution >= 0.6 is 0 Å². The number of piperidine rings is 1. The van der Waals surface area contributed by atoms with Gasteiger partial charge in [-0.25, -0.2) is 0 Å². The molecule has 4 aliphatic rings.